The molecule has 0 saturated heterocycles. The van der Waals surface area contributed by atoms with Crippen LogP contribution in [0.5, 0.6) is 5.75 Å². The molecule has 0 aliphatic heterocycles. The van der Waals surface area contributed by atoms with Crippen molar-refractivity contribution in [2.75, 3.05) is 10.8 Å². The van der Waals surface area contributed by atoms with E-state index in [9.17, 15) is 13.2 Å². The van der Waals surface area contributed by atoms with Crippen LogP contribution in [-0.2, 0) is 6.18 Å². The quantitative estimate of drug-likeness (QED) is 0.238. The number of alkyl halides is 3. The fourth-order valence-electron chi connectivity index (χ4n) is 3.68. The van der Waals surface area contributed by atoms with E-state index in [-0.39, 0.29) is 5.69 Å². The second kappa shape index (κ2) is 10.2. The lowest BCUT2D eigenvalue weighted by molar-refractivity contribution is -0.137. The van der Waals surface area contributed by atoms with Gasteiger partial charge < -0.3 is 14.7 Å². The van der Waals surface area contributed by atoms with E-state index in [1.54, 1.807) is 56.0 Å². The summed E-state index contributed by atoms with van der Waals surface area (Å²) in [5, 5.41) is 3.17. The molecule has 0 atom stereocenters. The van der Waals surface area contributed by atoms with Gasteiger partial charge in [0.25, 0.3) is 0 Å². The number of aromatic nitrogens is 5. The number of hydrogen-bond donors (Lipinski definition) is 2. The predicted molar refractivity (Wildman–Crippen MR) is 137 cm³/mol. The van der Waals surface area contributed by atoms with Crippen molar-refractivity contribution in [2.45, 2.75) is 20.0 Å². The van der Waals surface area contributed by atoms with Crippen molar-refractivity contribution >= 4 is 17.3 Å². The van der Waals surface area contributed by atoms with Crippen LogP contribution in [0.15, 0.2) is 85.7 Å². The first-order valence-corrected chi connectivity index (χ1v) is 11.5. The maximum atomic E-state index is 13.6. The van der Waals surface area contributed by atoms with E-state index in [2.05, 4.69) is 30.7 Å². The van der Waals surface area contributed by atoms with E-state index in [0.29, 0.717) is 34.5 Å². The monoisotopic (exact) mass is 517 g/mol. The average molecular weight is 518 g/mol. The van der Waals surface area contributed by atoms with E-state index >= 15 is 0 Å². The van der Waals surface area contributed by atoms with Crippen LogP contribution < -0.4 is 15.6 Å². The molecule has 0 aliphatic carbocycles. The zero-order valence-corrected chi connectivity index (χ0v) is 20.4. The van der Waals surface area contributed by atoms with E-state index in [1.807, 2.05) is 25.1 Å². The van der Waals surface area contributed by atoms with Crippen LogP contribution in [0.3, 0.4) is 0 Å². The summed E-state index contributed by atoms with van der Waals surface area (Å²) in [6.07, 6.45) is 3.60. The van der Waals surface area contributed by atoms with Crippen LogP contribution in [0, 0.1) is 13.8 Å². The summed E-state index contributed by atoms with van der Waals surface area (Å²) < 4.78 is 42.2. The van der Waals surface area contributed by atoms with Gasteiger partial charge in [-0.25, -0.2) is 20.4 Å². The number of rotatable bonds is 7. The summed E-state index contributed by atoms with van der Waals surface area (Å²) in [5.41, 5.74) is 6.04. The summed E-state index contributed by atoms with van der Waals surface area (Å²) in [5.74, 6) is 0.747. The summed E-state index contributed by atoms with van der Waals surface area (Å²) in [6, 6.07) is 14.3. The van der Waals surface area contributed by atoms with Gasteiger partial charge in [-0.05, 0) is 61.9 Å². The van der Waals surface area contributed by atoms with E-state index in [4.69, 9.17) is 4.84 Å². The van der Waals surface area contributed by atoms with Gasteiger partial charge in [-0.1, -0.05) is 6.07 Å². The summed E-state index contributed by atoms with van der Waals surface area (Å²) in [6.45, 7) is 3.66. The first-order chi connectivity index (χ1) is 18.2. The maximum absolute atomic E-state index is 13.6. The van der Waals surface area contributed by atoms with Crippen LogP contribution >= 0.6 is 0 Å². The van der Waals surface area contributed by atoms with Gasteiger partial charge in [-0.15, -0.1) is 0 Å². The number of aryl methyl sites for hydroxylation is 2. The Balaban J connectivity index is 1.36. The molecule has 11 heteroatoms. The average Bonchev–Trinajstić information content (AvgIpc) is 3.35. The number of imidazole rings is 1. The standard InChI is InChI=1S/C27H22F3N7O/c1-17-5-6-23(13-25(17)35-26-32-9-7-24(34-26)19-4-3-8-31-14-19)38-36-21-10-20(27(28,29)30)11-22(12-21)37-15-18(2)33-16-37/h3-16,36H,1-2H3,(H,32,34,35). The van der Waals surface area contributed by atoms with Crippen molar-refractivity contribution < 1.29 is 18.0 Å². The van der Waals surface area contributed by atoms with E-state index < -0.39 is 11.7 Å². The first kappa shape index (κ1) is 24.8. The molecule has 5 aromatic rings. The zero-order chi connectivity index (χ0) is 26.7. The molecule has 5 rings (SSSR count). The van der Waals surface area contributed by atoms with Crippen LogP contribution in [0.2, 0.25) is 0 Å². The molecule has 8 nitrogen and oxygen atoms in total. The molecule has 0 bridgehead atoms. The van der Waals surface area contributed by atoms with Crippen LogP contribution in [-0.4, -0.2) is 24.5 Å². The number of benzene rings is 2. The highest BCUT2D eigenvalue weighted by atomic mass is 19.4. The summed E-state index contributed by atoms with van der Waals surface area (Å²) in [4.78, 5) is 22.7. The van der Waals surface area contributed by atoms with Gasteiger partial charge in [0.15, 0.2) is 5.75 Å². The van der Waals surface area contributed by atoms with Crippen molar-refractivity contribution in [1.29, 1.82) is 0 Å². The largest absolute Gasteiger partial charge is 0.416 e. The fourth-order valence-corrected chi connectivity index (χ4v) is 3.68. The third-order valence-electron chi connectivity index (χ3n) is 5.61. The molecule has 0 unspecified atom stereocenters. The Bertz CT molecular complexity index is 1570. The van der Waals surface area contributed by atoms with Crippen LogP contribution in [0.4, 0.5) is 30.5 Å². The van der Waals surface area contributed by atoms with Gasteiger partial charge in [0.05, 0.1) is 29.0 Å². The molecule has 0 aliphatic rings. The molecule has 38 heavy (non-hydrogen) atoms. The second-order valence-electron chi connectivity index (χ2n) is 8.50. The molecule has 3 aromatic heterocycles. The number of halogens is 3. The minimum Gasteiger partial charge on any atom is -0.382 e. The molecular weight excluding hydrogens is 495 g/mol. The van der Waals surface area contributed by atoms with Crippen LogP contribution in [0.25, 0.3) is 16.9 Å². The molecule has 2 aromatic carbocycles. The molecule has 2 N–H and O–H groups in total. The van der Waals surface area contributed by atoms with Crippen LogP contribution in [0.1, 0.15) is 16.8 Å². The third-order valence-corrected chi connectivity index (χ3v) is 5.61. The Morgan fingerprint density at radius 1 is 0.947 bits per heavy atom. The highest BCUT2D eigenvalue weighted by Gasteiger charge is 2.31. The summed E-state index contributed by atoms with van der Waals surface area (Å²) >= 11 is 0. The molecular formula is C27H22F3N7O. The van der Waals surface area contributed by atoms with E-state index in [0.717, 1.165) is 23.3 Å². The number of anilines is 3. The lowest BCUT2D eigenvalue weighted by Crippen LogP contribution is -2.10. The second-order valence-corrected chi connectivity index (χ2v) is 8.50. The van der Waals surface area contributed by atoms with Gasteiger partial charge in [0, 0.05) is 47.8 Å². The minimum atomic E-state index is -4.53. The number of pyridine rings is 1. The number of nitrogens with zero attached hydrogens (tertiary/aromatic N) is 5. The highest BCUT2D eigenvalue weighted by molar-refractivity contribution is 5.64. The Morgan fingerprint density at radius 2 is 1.82 bits per heavy atom. The Morgan fingerprint density at radius 3 is 2.55 bits per heavy atom. The van der Waals surface area contributed by atoms with Gasteiger partial charge in [-0.3, -0.25) is 4.98 Å². The SMILES string of the molecule is Cc1cn(-c2cc(NOc3ccc(C)c(Nc4nccc(-c5cccnc5)n4)c3)cc(C(F)(F)F)c2)cn1. The lowest BCUT2D eigenvalue weighted by atomic mass is 10.1. The summed E-state index contributed by atoms with van der Waals surface area (Å²) in [7, 11) is 0. The van der Waals surface area contributed by atoms with Gasteiger partial charge in [0.2, 0.25) is 5.95 Å². The van der Waals surface area contributed by atoms with Crippen molar-refractivity contribution in [3.05, 3.63) is 103 Å². The highest BCUT2D eigenvalue weighted by Crippen LogP contribution is 2.33. The third kappa shape index (κ3) is 5.72. The maximum Gasteiger partial charge on any atom is 0.416 e. The zero-order valence-electron chi connectivity index (χ0n) is 20.4. The molecule has 0 spiro atoms. The van der Waals surface area contributed by atoms with Gasteiger partial charge >= 0.3 is 6.18 Å². The smallest absolute Gasteiger partial charge is 0.382 e. The Kier molecular flexibility index (Phi) is 6.65. The number of nitrogens with one attached hydrogen (secondary N) is 2. The van der Waals surface area contributed by atoms with Gasteiger partial charge in [0.1, 0.15) is 0 Å². The molecule has 192 valence electrons. The lowest BCUT2D eigenvalue weighted by Gasteiger charge is -2.15. The van der Waals surface area contributed by atoms with Crippen molar-refractivity contribution in [3.8, 4) is 22.7 Å². The molecule has 0 saturated carbocycles. The minimum absolute atomic E-state index is 0.128. The topological polar surface area (TPSA) is 89.8 Å². The number of hydrogen-bond acceptors (Lipinski definition) is 7. The van der Waals surface area contributed by atoms with E-state index in [1.165, 1.54) is 10.9 Å². The van der Waals surface area contributed by atoms with Gasteiger partial charge in [-0.2, -0.15) is 13.2 Å². The van der Waals surface area contributed by atoms with Crippen molar-refractivity contribution in [3.63, 3.8) is 0 Å². The Hall–Kier alpha value is -4.93. The molecule has 0 radical (unpaired) electrons. The fraction of sp³-hybridized carbons (Fsp3) is 0.111. The van der Waals surface area contributed by atoms with Crippen molar-refractivity contribution in [1.82, 2.24) is 24.5 Å². The normalized spacial score (nSPS) is 11.3. The molecule has 0 fully saturated rings. The Labute approximate surface area is 216 Å². The molecule has 3 heterocycles. The predicted octanol–water partition coefficient (Wildman–Crippen LogP) is 6.51. The van der Waals surface area contributed by atoms with Crippen molar-refractivity contribution in [2.24, 2.45) is 0 Å². The molecule has 0 amide bonds. The first-order valence-electron chi connectivity index (χ1n) is 11.5.